The van der Waals surface area contributed by atoms with E-state index in [1.807, 2.05) is 48.5 Å². The molecule has 0 spiro atoms. The molecule has 0 aliphatic carbocycles. The van der Waals surface area contributed by atoms with Gasteiger partial charge in [-0.2, -0.15) is 5.26 Å². The molecule has 168 valence electrons. The first-order chi connectivity index (χ1) is 16.1. The third-order valence-corrected chi connectivity index (χ3v) is 5.59. The van der Waals surface area contributed by atoms with Crippen LogP contribution in [0.15, 0.2) is 54.6 Å². The largest absolute Gasteiger partial charge is 0.465 e. The highest BCUT2D eigenvalue weighted by molar-refractivity contribution is 5.94. The van der Waals surface area contributed by atoms with E-state index < -0.39 is 5.97 Å². The van der Waals surface area contributed by atoms with E-state index in [4.69, 9.17) is 9.72 Å². The first-order valence-corrected chi connectivity index (χ1v) is 10.9. The number of ether oxygens (including phenoxy) is 1. The summed E-state index contributed by atoms with van der Waals surface area (Å²) in [6, 6.07) is 19.5. The van der Waals surface area contributed by atoms with Crippen molar-refractivity contribution in [2.45, 2.75) is 6.92 Å². The number of anilines is 1. The van der Waals surface area contributed by atoms with Gasteiger partial charge in [-0.1, -0.05) is 30.3 Å². The molecule has 2 heterocycles. The van der Waals surface area contributed by atoms with E-state index in [1.165, 1.54) is 0 Å². The van der Waals surface area contributed by atoms with Gasteiger partial charge < -0.3 is 19.9 Å². The summed E-state index contributed by atoms with van der Waals surface area (Å²) in [4.78, 5) is 32.6. The van der Waals surface area contributed by atoms with E-state index in [1.54, 1.807) is 17.9 Å². The summed E-state index contributed by atoms with van der Waals surface area (Å²) in [7, 11) is 0. The monoisotopic (exact) mass is 443 g/mol. The second kappa shape index (κ2) is 10.0. The zero-order valence-electron chi connectivity index (χ0n) is 18.5. The molecule has 1 saturated heterocycles. The van der Waals surface area contributed by atoms with Gasteiger partial charge >= 0.3 is 12.0 Å². The van der Waals surface area contributed by atoms with Gasteiger partial charge in [0.1, 0.15) is 12.4 Å². The Labute approximate surface area is 192 Å². The molecule has 1 fully saturated rings. The van der Waals surface area contributed by atoms with Crippen LogP contribution in [0.2, 0.25) is 0 Å². The Morgan fingerprint density at radius 3 is 2.64 bits per heavy atom. The van der Waals surface area contributed by atoms with E-state index in [9.17, 15) is 14.9 Å². The number of amides is 2. The molecule has 1 N–H and O–H groups in total. The topological polar surface area (TPSA) is 98.6 Å². The number of para-hydroxylation sites is 1. The number of piperazine rings is 1. The Bertz CT molecular complexity index is 1210. The van der Waals surface area contributed by atoms with E-state index in [0.717, 1.165) is 27.8 Å². The van der Waals surface area contributed by atoms with E-state index in [2.05, 4.69) is 16.3 Å². The molecule has 8 nitrogen and oxygen atoms in total. The molecule has 0 atom stereocenters. The van der Waals surface area contributed by atoms with Crippen molar-refractivity contribution in [3.63, 3.8) is 0 Å². The fourth-order valence-electron chi connectivity index (χ4n) is 3.91. The SMILES string of the molecule is CCOC(=O)CNC(=O)N1CCN(c2ccc3cccc(-c4cccc(C#N)c4)c3n2)CC1. The first-order valence-electron chi connectivity index (χ1n) is 10.9. The number of nitriles is 1. The van der Waals surface area contributed by atoms with Crippen molar-refractivity contribution in [3.8, 4) is 17.2 Å². The Kier molecular flexibility index (Phi) is 6.69. The molecule has 4 rings (SSSR count). The number of carbonyl (C=O) groups excluding carboxylic acids is 2. The second-order valence-electron chi connectivity index (χ2n) is 7.68. The highest BCUT2D eigenvalue weighted by Crippen LogP contribution is 2.30. The van der Waals surface area contributed by atoms with Gasteiger partial charge in [0.05, 0.1) is 23.8 Å². The van der Waals surface area contributed by atoms with E-state index >= 15 is 0 Å². The number of hydrogen-bond donors (Lipinski definition) is 1. The van der Waals surface area contributed by atoms with Crippen molar-refractivity contribution in [3.05, 3.63) is 60.2 Å². The van der Waals surface area contributed by atoms with Gasteiger partial charge in [-0.25, -0.2) is 9.78 Å². The van der Waals surface area contributed by atoms with Crippen molar-refractivity contribution in [2.24, 2.45) is 0 Å². The number of rotatable bonds is 5. The third kappa shape index (κ3) is 5.04. The maximum Gasteiger partial charge on any atom is 0.325 e. The highest BCUT2D eigenvalue weighted by Gasteiger charge is 2.22. The molecule has 0 unspecified atom stereocenters. The molecule has 0 bridgehead atoms. The smallest absolute Gasteiger partial charge is 0.325 e. The predicted octanol–water partition coefficient (Wildman–Crippen LogP) is 3.17. The fraction of sp³-hybridized carbons (Fsp3) is 0.280. The maximum atomic E-state index is 12.3. The third-order valence-electron chi connectivity index (χ3n) is 5.59. The summed E-state index contributed by atoms with van der Waals surface area (Å²) in [5.41, 5.74) is 3.41. The zero-order chi connectivity index (χ0) is 23.2. The molecule has 0 saturated carbocycles. The van der Waals surface area contributed by atoms with E-state index in [0.29, 0.717) is 31.7 Å². The number of hydrogen-bond acceptors (Lipinski definition) is 6. The summed E-state index contributed by atoms with van der Waals surface area (Å²) in [5, 5.41) is 12.9. The molecule has 33 heavy (non-hydrogen) atoms. The summed E-state index contributed by atoms with van der Waals surface area (Å²) >= 11 is 0. The molecular formula is C25H25N5O3. The molecule has 2 amide bonds. The van der Waals surface area contributed by atoms with Crippen LogP contribution in [0, 0.1) is 11.3 Å². The van der Waals surface area contributed by atoms with Crippen molar-refractivity contribution in [2.75, 3.05) is 44.2 Å². The van der Waals surface area contributed by atoms with Gasteiger partial charge in [0, 0.05) is 37.1 Å². The normalized spacial score (nSPS) is 13.5. The molecule has 2 aromatic carbocycles. The Hall–Kier alpha value is -4.12. The fourth-order valence-corrected chi connectivity index (χ4v) is 3.91. The standard InChI is InChI=1S/C25H25N5O3/c1-2-33-23(31)17-27-25(32)30-13-11-29(12-14-30)22-10-9-19-6-4-8-21(24(19)28-22)20-7-3-5-18(15-20)16-26/h3-10,15H,2,11-14,17H2,1H3,(H,27,32). The summed E-state index contributed by atoms with van der Waals surface area (Å²) in [5.74, 6) is 0.402. The van der Waals surface area contributed by atoms with E-state index in [-0.39, 0.29) is 19.2 Å². The first kappa shape index (κ1) is 22.1. The quantitative estimate of drug-likeness (QED) is 0.608. The Morgan fingerprint density at radius 1 is 1.09 bits per heavy atom. The van der Waals surface area contributed by atoms with Gasteiger partial charge in [0.2, 0.25) is 0 Å². The number of carbonyl (C=O) groups is 2. The maximum absolute atomic E-state index is 12.3. The van der Waals surface area contributed by atoms with Crippen molar-refractivity contribution < 1.29 is 14.3 Å². The van der Waals surface area contributed by atoms with Gasteiger partial charge in [0.25, 0.3) is 0 Å². The number of benzene rings is 2. The lowest BCUT2D eigenvalue weighted by atomic mass is 10.0. The molecule has 1 aromatic heterocycles. The van der Waals surface area contributed by atoms with Crippen molar-refractivity contribution in [1.29, 1.82) is 5.26 Å². The molecule has 1 aliphatic rings. The summed E-state index contributed by atoms with van der Waals surface area (Å²) in [6.45, 7) is 4.22. The van der Waals surface area contributed by atoms with Crippen LogP contribution in [-0.2, 0) is 9.53 Å². The minimum atomic E-state index is -0.444. The van der Waals surface area contributed by atoms with Gasteiger partial charge in [-0.15, -0.1) is 0 Å². The van der Waals surface area contributed by atoms with Crippen molar-refractivity contribution in [1.82, 2.24) is 15.2 Å². The Morgan fingerprint density at radius 2 is 1.88 bits per heavy atom. The summed E-state index contributed by atoms with van der Waals surface area (Å²) in [6.07, 6.45) is 0. The molecule has 3 aromatic rings. The summed E-state index contributed by atoms with van der Waals surface area (Å²) < 4.78 is 4.84. The van der Waals surface area contributed by atoms with Crippen LogP contribution >= 0.6 is 0 Å². The lowest BCUT2D eigenvalue weighted by Gasteiger charge is -2.35. The minimum absolute atomic E-state index is 0.130. The van der Waals surface area contributed by atoms with Gasteiger partial charge in [-0.05, 0) is 36.8 Å². The number of esters is 1. The van der Waals surface area contributed by atoms with Crippen LogP contribution in [0.3, 0.4) is 0 Å². The number of pyridine rings is 1. The highest BCUT2D eigenvalue weighted by atomic mass is 16.5. The number of urea groups is 1. The van der Waals surface area contributed by atoms with Gasteiger partial charge in [0.15, 0.2) is 0 Å². The van der Waals surface area contributed by atoms with Crippen LogP contribution in [0.1, 0.15) is 12.5 Å². The number of nitrogens with zero attached hydrogens (tertiary/aromatic N) is 4. The van der Waals surface area contributed by atoms with Crippen LogP contribution < -0.4 is 10.2 Å². The lowest BCUT2D eigenvalue weighted by Crippen LogP contribution is -2.52. The van der Waals surface area contributed by atoms with Crippen LogP contribution in [0.5, 0.6) is 0 Å². The molecular weight excluding hydrogens is 418 g/mol. The van der Waals surface area contributed by atoms with Crippen LogP contribution in [0.4, 0.5) is 10.6 Å². The number of nitrogens with one attached hydrogen (secondary N) is 1. The molecule has 1 aliphatic heterocycles. The predicted molar refractivity (Wildman–Crippen MR) is 126 cm³/mol. The second-order valence-corrected chi connectivity index (χ2v) is 7.68. The van der Waals surface area contributed by atoms with Crippen molar-refractivity contribution >= 4 is 28.7 Å². The number of fused-ring (bicyclic) bond motifs is 1. The lowest BCUT2D eigenvalue weighted by molar-refractivity contribution is -0.141. The average Bonchev–Trinajstić information content (AvgIpc) is 2.87. The van der Waals surface area contributed by atoms with Gasteiger partial charge in [-0.3, -0.25) is 4.79 Å². The minimum Gasteiger partial charge on any atom is -0.465 e. The molecule has 8 heteroatoms. The number of aromatic nitrogens is 1. The van der Waals surface area contributed by atoms with Crippen LogP contribution in [0.25, 0.3) is 22.0 Å². The zero-order valence-corrected chi connectivity index (χ0v) is 18.5. The van der Waals surface area contributed by atoms with Crippen LogP contribution in [-0.4, -0.2) is 61.2 Å². The Balaban J connectivity index is 1.48. The average molecular weight is 444 g/mol. The molecule has 0 radical (unpaired) electrons.